The number of aryl methyl sites for hydroxylation is 2. The molecule has 0 fully saturated rings. The van der Waals surface area contributed by atoms with Gasteiger partial charge in [-0.3, -0.25) is 0 Å². The van der Waals surface area contributed by atoms with E-state index < -0.39 is 0 Å². The molecule has 142 valence electrons. The van der Waals surface area contributed by atoms with Gasteiger partial charge in [-0.1, -0.05) is 51.6 Å². The molecule has 0 aliphatic heterocycles. The molecule has 2 aromatic rings. The summed E-state index contributed by atoms with van der Waals surface area (Å²) in [5.41, 5.74) is 4.13. The Morgan fingerprint density at radius 1 is 0.692 bits per heavy atom. The first-order valence-electron chi connectivity index (χ1n) is 8.05. The monoisotopic (exact) mass is 448 g/mol. The Balaban J connectivity index is 0. The normalized spacial score (nSPS) is 10.2. The van der Waals surface area contributed by atoms with E-state index in [9.17, 15) is 10.2 Å². The van der Waals surface area contributed by atoms with Crippen LogP contribution < -0.4 is 24.8 Å². The van der Waals surface area contributed by atoms with Crippen molar-refractivity contribution in [3.8, 4) is 11.5 Å². The summed E-state index contributed by atoms with van der Waals surface area (Å²) in [5, 5.41) is 21.2. The molecule has 0 amide bonds. The number of phenolic OH excluding ortho intramolecular Hbond substituents is 2. The molecule has 0 bridgehead atoms. The SMILES string of the molecule is Cc1cc(Sc2cc(C)cc(C(C)C)c2O)c(O)c(C(C)C)c1.[Cl-].[Cl-].[Ti+2]. The predicted molar refractivity (Wildman–Crippen MR) is 98.0 cm³/mol. The van der Waals surface area contributed by atoms with Crippen LogP contribution in [0.2, 0.25) is 0 Å². The molecule has 0 atom stereocenters. The summed E-state index contributed by atoms with van der Waals surface area (Å²) in [6, 6.07) is 8.00. The van der Waals surface area contributed by atoms with Gasteiger partial charge in [0.25, 0.3) is 0 Å². The third-order valence-electron chi connectivity index (χ3n) is 3.96. The Labute approximate surface area is 188 Å². The van der Waals surface area contributed by atoms with E-state index in [4.69, 9.17) is 0 Å². The quantitative estimate of drug-likeness (QED) is 0.652. The fraction of sp³-hybridized carbons (Fsp3) is 0.400. The van der Waals surface area contributed by atoms with Gasteiger partial charge in [-0.2, -0.15) is 0 Å². The van der Waals surface area contributed by atoms with Gasteiger partial charge in [0.15, 0.2) is 0 Å². The summed E-state index contributed by atoms with van der Waals surface area (Å²) >= 11 is 1.43. The van der Waals surface area contributed by atoms with Crippen LogP contribution in [0.25, 0.3) is 0 Å². The number of benzene rings is 2. The van der Waals surface area contributed by atoms with Crippen molar-refractivity contribution >= 4 is 11.8 Å². The first-order valence-corrected chi connectivity index (χ1v) is 8.87. The third kappa shape index (κ3) is 6.39. The molecule has 0 saturated heterocycles. The molecular weight excluding hydrogens is 423 g/mol. The average Bonchev–Trinajstić information content (AvgIpc) is 2.45. The Bertz CT molecular complexity index is 673. The van der Waals surface area contributed by atoms with Gasteiger partial charge in [-0.15, -0.1) is 0 Å². The van der Waals surface area contributed by atoms with Crippen molar-refractivity contribution in [1.82, 2.24) is 0 Å². The maximum atomic E-state index is 10.6. The van der Waals surface area contributed by atoms with Gasteiger partial charge in [0, 0.05) is 0 Å². The largest absolute Gasteiger partial charge is 2.00 e. The minimum absolute atomic E-state index is 0. The van der Waals surface area contributed by atoms with Gasteiger partial charge in [0.1, 0.15) is 11.5 Å². The van der Waals surface area contributed by atoms with Crippen molar-refractivity contribution in [3.05, 3.63) is 46.5 Å². The molecule has 0 unspecified atom stereocenters. The van der Waals surface area contributed by atoms with Gasteiger partial charge in [0.05, 0.1) is 9.79 Å². The number of aromatic hydroxyl groups is 2. The molecule has 0 aliphatic rings. The van der Waals surface area contributed by atoms with Crippen LogP contribution in [0.5, 0.6) is 11.5 Å². The summed E-state index contributed by atoms with van der Waals surface area (Å²) < 4.78 is 0. The molecule has 0 heterocycles. The van der Waals surface area contributed by atoms with Crippen LogP contribution in [0.15, 0.2) is 34.1 Å². The molecule has 0 radical (unpaired) electrons. The van der Waals surface area contributed by atoms with Crippen molar-refractivity contribution in [1.29, 1.82) is 0 Å². The summed E-state index contributed by atoms with van der Waals surface area (Å²) in [5.74, 6) is 1.16. The van der Waals surface area contributed by atoms with Gasteiger partial charge in [-0.25, -0.2) is 0 Å². The van der Waals surface area contributed by atoms with Crippen molar-refractivity contribution < 1.29 is 56.7 Å². The summed E-state index contributed by atoms with van der Waals surface area (Å²) in [6.45, 7) is 12.4. The van der Waals surface area contributed by atoms with Crippen LogP contribution >= 0.6 is 11.8 Å². The van der Waals surface area contributed by atoms with E-state index in [0.29, 0.717) is 11.5 Å². The number of phenols is 2. The first-order chi connectivity index (χ1) is 10.7. The summed E-state index contributed by atoms with van der Waals surface area (Å²) in [6.07, 6.45) is 0. The van der Waals surface area contributed by atoms with E-state index in [1.54, 1.807) is 0 Å². The Morgan fingerprint density at radius 3 is 1.27 bits per heavy atom. The number of hydrogen-bond donors (Lipinski definition) is 2. The molecule has 0 saturated carbocycles. The van der Waals surface area contributed by atoms with Crippen LogP contribution in [0.4, 0.5) is 0 Å². The maximum Gasteiger partial charge on any atom is 2.00 e. The fourth-order valence-electron chi connectivity index (χ4n) is 2.70. The topological polar surface area (TPSA) is 40.5 Å². The van der Waals surface area contributed by atoms with E-state index in [1.165, 1.54) is 11.8 Å². The molecular formula is C20H26Cl2O2STi. The van der Waals surface area contributed by atoms with Crippen molar-refractivity contribution in [2.45, 2.75) is 63.2 Å². The smallest absolute Gasteiger partial charge is 1.00 e. The zero-order valence-corrected chi connectivity index (χ0v) is 19.9. The third-order valence-corrected chi connectivity index (χ3v) is 5.02. The maximum absolute atomic E-state index is 10.6. The Kier molecular flexibility index (Phi) is 12.4. The molecule has 0 aliphatic carbocycles. The van der Waals surface area contributed by atoms with Crippen LogP contribution in [0, 0.1) is 13.8 Å². The molecule has 2 nitrogen and oxygen atoms in total. The zero-order valence-electron chi connectivity index (χ0n) is 16.0. The van der Waals surface area contributed by atoms with Crippen LogP contribution in [0.3, 0.4) is 0 Å². The second kappa shape index (κ2) is 11.5. The van der Waals surface area contributed by atoms with Gasteiger partial charge in [0.2, 0.25) is 0 Å². The number of hydrogen-bond acceptors (Lipinski definition) is 3. The van der Waals surface area contributed by atoms with Gasteiger partial charge < -0.3 is 35.0 Å². The van der Waals surface area contributed by atoms with Crippen molar-refractivity contribution in [2.24, 2.45) is 0 Å². The number of rotatable bonds is 4. The molecule has 0 spiro atoms. The van der Waals surface area contributed by atoms with Gasteiger partial charge >= 0.3 is 21.7 Å². The fourth-order valence-corrected chi connectivity index (χ4v) is 3.86. The second-order valence-corrected chi connectivity index (χ2v) is 7.90. The zero-order chi connectivity index (χ0) is 17.3. The molecule has 0 aromatic heterocycles. The standard InChI is InChI=1S/C20H26O2S.2ClH.Ti/c1-11(2)15-7-13(5)9-17(19(15)21)23-18-10-14(6)8-16(12(3)4)20(18)22;;;/h7-12,21-22H,1-6H3;2*1H;/q;;;+2/p-2. The van der Waals surface area contributed by atoms with Gasteiger partial charge in [-0.05, 0) is 60.1 Å². The average molecular weight is 449 g/mol. The van der Waals surface area contributed by atoms with Crippen LogP contribution in [0.1, 0.15) is 61.8 Å². The predicted octanol–water partition coefficient (Wildman–Crippen LogP) is 0.118. The van der Waals surface area contributed by atoms with E-state index in [1.807, 2.05) is 38.1 Å². The van der Waals surface area contributed by atoms with E-state index in [2.05, 4.69) is 27.7 Å². The van der Waals surface area contributed by atoms with E-state index >= 15 is 0 Å². The minimum Gasteiger partial charge on any atom is -1.00 e. The van der Waals surface area contributed by atoms with E-state index in [0.717, 1.165) is 32.0 Å². The Morgan fingerprint density at radius 2 is 1.00 bits per heavy atom. The van der Waals surface area contributed by atoms with E-state index in [-0.39, 0.29) is 58.4 Å². The summed E-state index contributed by atoms with van der Waals surface area (Å²) in [4.78, 5) is 1.59. The van der Waals surface area contributed by atoms with Crippen LogP contribution in [-0.4, -0.2) is 10.2 Å². The minimum atomic E-state index is 0. The molecule has 26 heavy (non-hydrogen) atoms. The van der Waals surface area contributed by atoms with Crippen LogP contribution in [-0.2, 0) is 21.7 Å². The summed E-state index contributed by atoms with van der Waals surface area (Å²) in [7, 11) is 0. The molecule has 6 heteroatoms. The number of halogens is 2. The Hall–Kier alpha value is -0.316. The van der Waals surface area contributed by atoms with Crippen molar-refractivity contribution in [2.75, 3.05) is 0 Å². The molecule has 2 rings (SSSR count). The molecule has 2 N–H and O–H groups in total. The molecule has 2 aromatic carbocycles. The second-order valence-electron chi connectivity index (χ2n) is 6.81. The van der Waals surface area contributed by atoms with Crippen molar-refractivity contribution in [3.63, 3.8) is 0 Å². The first kappa shape index (κ1) is 27.9.